The second kappa shape index (κ2) is 5.95. The van der Waals surface area contributed by atoms with Crippen LogP contribution in [0.25, 0.3) is 0 Å². The lowest BCUT2D eigenvalue weighted by atomic mass is 10.0. The van der Waals surface area contributed by atoms with E-state index in [1.165, 1.54) is 56.6 Å². The Kier molecular flexibility index (Phi) is 3.61. The molecule has 2 aromatic rings. The number of likely N-dealkylation sites (tertiary alicyclic amines) is 1. The summed E-state index contributed by atoms with van der Waals surface area (Å²) in [7, 11) is 0. The van der Waals surface area contributed by atoms with Gasteiger partial charge in [-0.05, 0) is 45.1 Å². The van der Waals surface area contributed by atoms with Crippen molar-refractivity contribution in [1.82, 2.24) is 34.7 Å². The Morgan fingerprint density at radius 2 is 1.96 bits per heavy atom. The first-order chi connectivity index (χ1) is 11.9. The number of hydrogen-bond acceptors (Lipinski definition) is 5. The molecule has 5 rings (SSSR count). The monoisotopic (exact) mass is 327 g/mol. The smallest absolute Gasteiger partial charge is 0.147 e. The lowest BCUT2D eigenvalue weighted by molar-refractivity contribution is 0.116. The van der Waals surface area contributed by atoms with E-state index < -0.39 is 0 Å². The second-order valence-electron chi connectivity index (χ2n) is 7.60. The van der Waals surface area contributed by atoms with E-state index in [0.717, 1.165) is 19.6 Å². The summed E-state index contributed by atoms with van der Waals surface area (Å²) in [5.74, 6) is 3.13. The van der Waals surface area contributed by atoms with Gasteiger partial charge in [-0.1, -0.05) is 11.6 Å². The van der Waals surface area contributed by atoms with Gasteiger partial charge in [0, 0.05) is 24.2 Å². The van der Waals surface area contributed by atoms with E-state index in [0.29, 0.717) is 18.0 Å². The Hall–Kier alpha value is -1.76. The maximum atomic E-state index is 4.60. The Morgan fingerprint density at radius 1 is 1.04 bits per heavy atom. The van der Waals surface area contributed by atoms with Crippen molar-refractivity contribution in [3.8, 4) is 0 Å². The topological polar surface area (TPSA) is 64.7 Å². The van der Waals surface area contributed by atoms with Gasteiger partial charge in [0.25, 0.3) is 0 Å². The van der Waals surface area contributed by atoms with Gasteiger partial charge in [0.05, 0.1) is 19.3 Å². The van der Waals surface area contributed by atoms with Crippen molar-refractivity contribution in [3.05, 3.63) is 24.0 Å². The van der Waals surface area contributed by atoms with Crippen LogP contribution in [0.5, 0.6) is 0 Å². The molecular formula is C17H25N7. The molecule has 2 aromatic heterocycles. The summed E-state index contributed by atoms with van der Waals surface area (Å²) in [5.41, 5.74) is 0. The third-order valence-electron chi connectivity index (χ3n) is 5.61. The third-order valence-corrected chi connectivity index (χ3v) is 5.61. The van der Waals surface area contributed by atoms with Crippen LogP contribution in [0.4, 0.5) is 0 Å². The molecule has 3 aliphatic rings. The SMILES string of the molecule is c1cn(CC2CCCCN2Cc2nnc(C3CC3)n2C2CC2)nn1. The van der Waals surface area contributed by atoms with E-state index in [-0.39, 0.29) is 0 Å². The first-order valence-corrected chi connectivity index (χ1v) is 9.40. The van der Waals surface area contributed by atoms with Gasteiger partial charge in [0.2, 0.25) is 0 Å². The number of rotatable bonds is 6. The van der Waals surface area contributed by atoms with Gasteiger partial charge in [-0.15, -0.1) is 15.3 Å². The van der Waals surface area contributed by atoms with Crippen molar-refractivity contribution in [2.45, 2.75) is 76.0 Å². The molecule has 0 aromatic carbocycles. The lowest BCUT2D eigenvalue weighted by Crippen LogP contribution is -2.42. The quantitative estimate of drug-likeness (QED) is 0.813. The summed E-state index contributed by atoms with van der Waals surface area (Å²) in [4.78, 5) is 2.59. The number of nitrogens with zero attached hydrogens (tertiary/aromatic N) is 7. The highest BCUT2D eigenvalue weighted by Crippen LogP contribution is 2.44. The molecule has 1 unspecified atom stereocenters. The van der Waals surface area contributed by atoms with Gasteiger partial charge >= 0.3 is 0 Å². The Bertz CT molecular complexity index is 684. The molecule has 24 heavy (non-hydrogen) atoms. The molecule has 2 saturated carbocycles. The van der Waals surface area contributed by atoms with Gasteiger partial charge < -0.3 is 4.57 Å². The molecule has 3 heterocycles. The van der Waals surface area contributed by atoms with Crippen molar-refractivity contribution in [1.29, 1.82) is 0 Å². The second-order valence-corrected chi connectivity index (χ2v) is 7.60. The van der Waals surface area contributed by atoms with Crippen LogP contribution in [0.15, 0.2) is 12.4 Å². The maximum absolute atomic E-state index is 4.60. The van der Waals surface area contributed by atoms with Gasteiger partial charge in [-0.3, -0.25) is 9.58 Å². The molecule has 0 N–H and O–H groups in total. The summed E-state index contributed by atoms with van der Waals surface area (Å²) in [6.07, 6.45) is 12.7. The fourth-order valence-electron chi connectivity index (χ4n) is 4.00. The number of hydrogen-bond donors (Lipinski definition) is 0. The fraction of sp³-hybridized carbons (Fsp3) is 0.765. The minimum absolute atomic E-state index is 0.522. The van der Waals surface area contributed by atoms with Gasteiger partial charge in [0.1, 0.15) is 11.6 Å². The fourth-order valence-corrected chi connectivity index (χ4v) is 4.00. The van der Waals surface area contributed by atoms with E-state index in [4.69, 9.17) is 0 Å². The van der Waals surface area contributed by atoms with Crippen molar-refractivity contribution < 1.29 is 0 Å². The number of aromatic nitrogens is 6. The summed E-state index contributed by atoms with van der Waals surface area (Å²) in [5, 5.41) is 17.3. The third kappa shape index (κ3) is 2.85. The van der Waals surface area contributed by atoms with Crippen molar-refractivity contribution in [2.24, 2.45) is 0 Å². The van der Waals surface area contributed by atoms with E-state index >= 15 is 0 Å². The Morgan fingerprint density at radius 3 is 2.71 bits per heavy atom. The maximum Gasteiger partial charge on any atom is 0.147 e. The van der Waals surface area contributed by atoms with E-state index in [1.807, 2.05) is 10.9 Å². The van der Waals surface area contributed by atoms with Gasteiger partial charge in [-0.2, -0.15) is 0 Å². The molecule has 3 fully saturated rings. The summed E-state index contributed by atoms with van der Waals surface area (Å²) < 4.78 is 4.45. The minimum Gasteiger partial charge on any atom is -0.311 e. The molecule has 2 aliphatic carbocycles. The average molecular weight is 327 g/mol. The van der Waals surface area contributed by atoms with E-state index in [9.17, 15) is 0 Å². The summed E-state index contributed by atoms with van der Waals surface area (Å²) >= 11 is 0. The molecule has 128 valence electrons. The highest BCUT2D eigenvalue weighted by Gasteiger charge is 2.37. The summed E-state index contributed by atoms with van der Waals surface area (Å²) in [6.45, 7) is 3.00. The normalized spacial score (nSPS) is 25.2. The molecule has 1 aliphatic heterocycles. The van der Waals surface area contributed by atoms with Crippen LogP contribution in [0, 0.1) is 0 Å². The average Bonchev–Trinajstić information content (AvgIpc) is 3.53. The highest BCUT2D eigenvalue weighted by atomic mass is 15.4. The molecule has 0 bridgehead atoms. The van der Waals surface area contributed by atoms with Crippen molar-refractivity contribution >= 4 is 0 Å². The zero-order valence-electron chi connectivity index (χ0n) is 14.1. The lowest BCUT2D eigenvalue weighted by Gasteiger charge is -2.35. The van der Waals surface area contributed by atoms with Crippen LogP contribution in [0.1, 0.15) is 68.6 Å². The summed E-state index contributed by atoms with van der Waals surface area (Å²) in [6, 6.07) is 1.19. The van der Waals surface area contributed by atoms with E-state index in [1.54, 1.807) is 6.20 Å². The predicted molar refractivity (Wildman–Crippen MR) is 88.3 cm³/mol. The number of piperidine rings is 1. The Labute approximate surface area is 142 Å². The van der Waals surface area contributed by atoms with Crippen LogP contribution >= 0.6 is 0 Å². The van der Waals surface area contributed by atoms with Crippen molar-refractivity contribution in [2.75, 3.05) is 6.54 Å². The standard InChI is InChI=1S/C17H25N7/c1-2-9-22(15(3-1)11-23-10-8-18-21-23)12-16-19-20-17(13-4-5-13)24(16)14-6-7-14/h8,10,13-15H,1-7,9,11-12H2. The van der Waals surface area contributed by atoms with Crippen molar-refractivity contribution in [3.63, 3.8) is 0 Å². The molecule has 7 nitrogen and oxygen atoms in total. The Balaban J connectivity index is 1.35. The van der Waals surface area contributed by atoms with Crippen LogP contribution in [0.3, 0.4) is 0 Å². The van der Waals surface area contributed by atoms with Gasteiger partial charge in [0.15, 0.2) is 0 Å². The predicted octanol–water partition coefficient (Wildman–Crippen LogP) is 2.14. The molecule has 7 heteroatoms. The first kappa shape index (κ1) is 14.6. The molecule has 0 radical (unpaired) electrons. The molecule has 0 amide bonds. The van der Waals surface area contributed by atoms with Crippen LogP contribution in [0.2, 0.25) is 0 Å². The largest absolute Gasteiger partial charge is 0.311 e. The zero-order valence-corrected chi connectivity index (χ0v) is 14.1. The molecule has 1 saturated heterocycles. The molecule has 0 spiro atoms. The highest BCUT2D eigenvalue weighted by molar-refractivity contribution is 5.12. The van der Waals surface area contributed by atoms with Crippen LogP contribution in [-0.4, -0.2) is 47.2 Å². The minimum atomic E-state index is 0.522. The van der Waals surface area contributed by atoms with Gasteiger partial charge in [-0.25, -0.2) is 0 Å². The van der Waals surface area contributed by atoms with Crippen LogP contribution < -0.4 is 0 Å². The molecule has 1 atom stereocenters. The first-order valence-electron chi connectivity index (χ1n) is 9.40. The zero-order chi connectivity index (χ0) is 15.9. The van der Waals surface area contributed by atoms with Crippen LogP contribution in [-0.2, 0) is 13.1 Å². The van der Waals surface area contributed by atoms with E-state index in [2.05, 4.69) is 30.0 Å². The molecular weight excluding hydrogens is 302 g/mol.